The molecule has 2 atom stereocenters. The summed E-state index contributed by atoms with van der Waals surface area (Å²) < 4.78 is 1.13. The molecule has 0 spiro atoms. The minimum absolute atomic E-state index is 0.311. The minimum atomic E-state index is 0.311. The summed E-state index contributed by atoms with van der Waals surface area (Å²) >= 11 is 3.50. The van der Waals surface area contributed by atoms with Crippen molar-refractivity contribution >= 4 is 21.7 Å². The van der Waals surface area contributed by atoms with Crippen LogP contribution in [0.15, 0.2) is 22.7 Å². The van der Waals surface area contributed by atoms with Crippen LogP contribution in [0.1, 0.15) is 24.0 Å². The van der Waals surface area contributed by atoms with Crippen LogP contribution in [0.25, 0.3) is 0 Å². The molecule has 0 N–H and O–H groups in total. The lowest BCUT2D eigenvalue weighted by Crippen LogP contribution is -2.13. The Labute approximate surface area is 98.0 Å². The molecule has 2 bridgehead atoms. The molecule has 0 aromatic heterocycles. The largest absolute Gasteiger partial charge is 0.299 e. The molecule has 78 valence electrons. The van der Waals surface area contributed by atoms with E-state index in [1.54, 1.807) is 0 Å². The highest BCUT2D eigenvalue weighted by Crippen LogP contribution is 2.37. The van der Waals surface area contributed by atoms with Crippen LogP contribution in [0.4, 0.5) is 0 Å². The zero-order valence-corrected chi connectivity index (χ0v) is 10.1. The number of fused-ring (bicyclic) bond motifs is 3. The van der Waals surface area contributed by atoms with Crippen molar-refractivity contribution in [3.63, 3.8) is 0 Å². The van der Waals surface area contributed by atoms with Gasteiger partial charge in [-0.15, -0.1) is 0 Å². The Balaban J connectivity index is 2.06. The second-order valence-corrected chi connectivity index (χ2v) is 5.61. The number of carbonyl (C=O) groups is 1. The maximum absolute atomic E-state index is 11.9. The van der Waals surface area contributed by atoms with Crippen molar-refractivity contribution in [3.05, 3.63) is 33.8 Å². The van der Waals surface area contributed by atoms with Crippen LogP contribution < -0.4 is 0 Å². The average molecular weight is 265 g/mol. The van der Waals surface area contributed by atoms with E-state index in [0.717, 1.165) is 30.2 Å². The molecular formula is C13H13BrO. The van der Waals surface area contributed by atoms with E-state index in [0.29, 0.717) is 17.6 Å². The molecule has 0 aliphatic heterocycles. The van der Waals surface area contributed by atoms with Gasteiger partial charge < -0.3 is 0 Å². The van der Waals surface area contributed by atoms with E-state index in [1.165, 1.54) is 11.1 Å². The summed E-state index contributed by atoms with van der Waals surface area (Å²) in [6.45, 7) is 0. The molecule has 1 fully saturated rings. The van der Waals surface area contributed by atoms with Gasteiger partial charge in [0.15, 0.2) is 0 Å². The molecule has 15 heavy (non-hydrogen) atoms. The van der Waals surface area contributed by atoms with Crippen molar-refractivity contribution in [3.8, 4) is 0 Å². The Kier molecular flexibility index (Phi) is 2.20. The highest BCUT2D eigenvalue weighted by Gasteiger charge is 2.37. The molecule has 2 aliphatic carbocycles. The summed E-state index contributed by atoms with van der Waals surface area (Å²) in [7, 11) is 0. The van der Waals surface area contributed by atoms with Gasteiger partial charge in [0.2, 0.25) is 0 Å². The SMILES string of the molecule is O=C1[C@@H]2CC[C@H]1Cc1ccc(Br)cc1C2. The van der Waals surface area contributed by atoms with E-state index in [4.69, 9.17) is 0 Å². The van der Waals surface area contributed by atoms with Gasteiger partial charge >= 0.3 is 0 Å². The molecule has 2 aliphatic rings. The molecule has 1 saturated carbocycles. The Hall–Kier alpha value is -0.630. The molecule has 1 aromatic carbocycles. The molecule has 0 heterocycles. The summed E-state index contributed by atoms with van der Waals surface area (Å²) in [5.74, 6) is 1.14. The number of ketones is 1. The standard InChI is InChI=1S/C13H13BrO/c14-12-4-3-8-5-9-1-2-10(13(9)15)6-11(8)7-12/h3-4,7,9-10H,1-2,5-6H2/t9-,10+/m0/s1. The Morgan fingerprint density at radius 3 is 2.47 bits per heavy atom. The second kappa shape index (κ2) is 3.44. The van der Waals surface area contributed by atoms with Gasteiger partial charge in [-0.2, -0.15) is 0 Å². The van der Waals surface area contributed by atoms with Gasteiger partial charge in [-0.25, -0.2) is 0 Å². The fraction of sp³-hybridized carbons (Fsp3) is 0.462. The number of hydrogen-bond acceptors (Lipinski definition) is 1. The smallest absolute Gasteiger partial charge is 0.139 e. The van der Waals surface area contributed by atoms with Crippen molar-refractivity contribution < 1.29 is 4.79 Å². The Morgan fingerprint density at radius 1 is 1.07 bits per heavy atom. The van der Waals surface area contributed by atoms with Crippen LogP contribution in [0.3, 0.4) is 0 Å². The van der Waals surface area contributed by atoms with Crippen LogP contribution in [0, 0.1) is 11.8 Å². The lowest BCUT2D eigenvalue weighted by molar-refractivity contribution is -0.123. The molecule has 0 unspecified atom stereocenters. The van der Waals surface area contributed by atoms with Crippen molar-refractivity contribution in [1.82, 2.24) is 0 Å². The van der Waals surface area contributed by atoms with Crippen LogP contribution in [-0.2, 0) is 17.6 Å². The third kappa shape index (κ3) is 1.55. The highest BCUT2D eigenvalue weighted by atomic mass is 79.9. The zero-order chi connectivity index (χ0) is 10.4. The lowest BCUT2D eigenvalue weighted by Gasteiger charge is -2.12. The van der Waals surface area contributed by atoms with Gasteiger partial charge in [-0.3, -0.25) is 4.79 Å². The van der Waals surface area contributed by atoms with E-state index in [-0.39, 0.29) is 0 Å². The van der Waals surface area contributed by atoms with Crippen LogP contribution in [0.2, 0.25) is 0 Å². The van der Waals surface area contributed by atoms with E-state index < -0.39 is 0 Å². The van der Waals surface area contributed by atoms with Gasteiger partial charge in [0.25, 0.3) is 0 Å². The summed E-state index contributed by atoms with van der Waals surface area (Å²) in [6, 6.07) is 6.44. The zero-order valence-electron chi connectivity index (χ0n) is 8.50. The molecule has 0 saturated heterocycles. The Bertz CT molecular complexity index is 425. The molecule has 0 amide bonds. The number of rotatable bonds is 0. The predicted molar refractivity (Wildman–Crippen MR) is 62.8 cm³/mol. The topological polar surface area (TPSA) is 17.1 Å². The normalized spacial score (nSPS) is 28.7. The monoisotopic (exact) mass is 264 g/mol. The van der Waals surface area contributed by atoms with Crippen molar-refractivity contribution in [2.24, 2.45) is 11.8 Å². The van der Waals surface area contributed by atoms with Crippen molar-refractivity contribution in [1.29, 1.82) is 0 Å². The summed E-state index contributed by atoms with van der Waals surface area (Å²) in [6.07, 6.45) is 4.15. The quantitative estimate of drug-likeness (QED) is 0.704. The van der Waals surface area contributed by atoms with Gasteiger partial charge in [0.1, 0.15) is 5.78 Å². The van der Waals surface area contributed by atoms with Gasteiger partial charge in [0, 0.05) is 16.3 Å². The Morgan fingerprint density at radius 2 is 1.73 bits per heavy atom. The second-order valence-electron chi connectivity index (χ2n) is 4.69. The van der Waals surface area contributed by atoms with Crippen LogP contribution >= 0.6 is 15.9 Å². The van der Waals surface area contributed by atoms with E-state index in [2.05, 4.69) is 34.1 Å². The molecule has 0 radical (unpaired) electrons. The average Bonchev–Trinajstić information content (AvgIpc) is 2.44. The molecular weight excluding hydrogens is 252 g/mol. The maximum atomic E-state index is 11.9. The van der Waals surface area contributed by atoms with Crippen LogP contribution in [-0.4, -0.2) is 5.78 Å². The first-order chi connectivity index (χ1) is 7.24. The summed E-state index contributed by atoms with van der Waals surface area (Å²) in [5, 5.41) is 0. The fourth-order valence-electron chi connectivity index (χ4n) is 2.94. The van der Waals surface area contributed by atoms with E-state index >= 15 is 0 Å². The highest BCUT2D eigenvalue weighted by molar-refractivity contribution is 9.10. The first kappa shape index (κ1) is 9.59. The minimum Gasteiger partial charge on any atom is -0.299 e. The number of benzene rings is 1. The van der Waals surface area contributed by atoms with Crippen molar-refractivity contribution in [2.75, 3.05) is 0 Å². The van der Waals surface area contributed by atoms with E-state index in [1.807, 2.05) is 0 Å². The molecule has 1 aromatic rings. The summed E-state index contributed by atoms with van der Waals surface area (Å²) in [4.78, 5) is 11.9. The number of carbonyl (C=O) groups excluding carboxylic acids is 1. The van der Waals surface area contributed by atoms with Crippen molar-refractivity contribution in [2.45, 2.75) is 25.7 Å². The number of hydrogen-bond donors (Lipinski definition) is 0. The van der Waals surface area contributed by atoms with Crippen LogP contribution in [0.5, 0.6) is 0 Å². The lowest BCUT2D eigenvalue weighted by atomic mass is 9.94. The molecule has 1 nitrogen and oxygen atoms in total. The molecule has 2 heteroatoms. The molecule has 3 rings (SSSR count). The fourth-order valence-corrected chi connectivity index (χ4v) is 3.35. The van der Waals surface area contributed by atoms with Gasteiger partial charge in [-0.05, 0) is 48.9 Å². The van der Waals surface area contributed by atoms with Gasteiger partial charge in [-0.1, -0.05) is 22.0 Å². The first-order valence-corrected chi connectivity index (χ1v) is 6.34. The first-order valence-electron chi connectivity index (χ1n) is 5.55. The van der Waals surface area contributed by atoms with E-state index in [9.17, 15) is 4.79 Å². The predicted octanol–water partition coefficient (Wildman–Crippen LogP) is 3.14. The summed E-state index contributed by atoms with van der Waals surface area (Å²) in [5.41, 5.74) is 2.77. The number of halogens is 1. The third-order valence-electron chi connectivity index (χ3n) is 3.77. The van der Waals surface area contributed by atoms with Gasteiger partial charge in [0.05, 0.1) is 0 Å². The third-order valence-corrected chi connectivity index (χ3v) is 4.26. The number of Topliss-reactive ketones (excluding diaryl/α,β-unsaturated/α-hetero) is 1. The maximum Gasteiger partial charge on any atom is 0.139 e.